The number of carbonyl (C=O) groups is 1. The lowest BCUT2D eigenvalue weighted by Crippen LogP contribution is -2.22. The highest BCUT2D eigenvalue weighted by Crippen LogP contribution is 2.24. The highest BCUT2D eigenvalue weighted by molar-refractivity contribution is 6.30. The number of rotatable bonds is 5. The van der Waals surface area contributed by atoms with Gasteiger partial charge in [-0.25, -0.2) is 0 Å². The Hall–Kier alpha value is -3.26. The quantitative estimate of drug-likeness (QED) is 0.648. The average molecular weight is 423 g/mol. The maximum absolute atomic E-state index is 12.4. The van der Waals surface area contributed by atoms with Crippen LogP contribution in [0.3, 0.4) is 0 Å². The minimum atomic E-state index is -4.79. The van der Waals surface area contributed by atoms with Crippen molar-refractivity contribution in [1.82, 2.24) is 4.57 Å². The Kier molecular flexibility index (Phi) is 5.93. The largest absolute Gasteiger partial charge is 0.573 e. The fraction of sp³-hybridized carbons (Fsp3) is 0.100. The molecule has 1 amide bonds. The molecule has 2 aromatic carbocycles. The summed E-state index contributed by atoms with van der Waals surface area (Å²) in [6.45, 7) is 0.226. The molecule has 0 bridgehead atoms. The van der Waals surface area contributed by atoms with Gasteiger partial charge in [0, 0.05) is 23.0 Å². The molecule has 150 valence electrons. The van der Waals surface area contributed by atoms with Gasteiger partial charge in [0.1, 0.15) is 5.75 Å². The van der Waals surface area contributed by atoms with E-state index in [1.54, 1.807) is 24.3 Å². The number of hydrogen-bond acceptors (Lipinski definition) is 3. The molecule has 3 aromatic rings. The van der Waals surface area contributed by atoms with Crippen LogP contribution in [-0.2, 0) is 6.54 Å². The van der Waals surface area contributed by atoms with E-state index in [1.165, 1.54) is 35.0 Å². The molecule has 3 rings (SSSR count). The van der Waals surface area contributed by atoms with E-state index >= 15 is 0 Å². The molecule has 0 fully saturated rings. The van der Waals surface area contributed by atoms with E-state index in [1.807, 2.05) is 0 Å². The molecule has 0 unspecified atom stereocenters. The van der Waals surface area contributed by atoms with Gasteiger partial charge in [-0.2, -0.15) is 0 Å². The molecule has 0 atom stereocenters. The molecule has 1 heterocycles. The lowest BCUT2D eigenvalue weighted by atomic mass is 10.2. The van der Waals surface area contributed by atoms with E-state index in [-0.39, 0.29) is 23.4 Å². The third kappa shape index (κ3) is 5.86. The van der Waals surface area contributed by atoms with Crippen molar-refractivity contribution in [1.29, 1.82) is 0 Å². The van der Waals surface area contributed by atoms with Crippen LogP contribution in [0.25, 0.3) is 0 Å². The molecule has 0 saturated carbocycles. The Balaban J connectivity index is 1.73. The van der Waals surface area contributed by atoms with Crippen molar-refractivity contribution in [2.24, 2.45) is 0 Å². The lowest BCUT2D eigenvalue weighted by molar-refractivity contribution is -0.274. The predicted molar refractivity (Wildman–Crippen MR) is 102 cm³/mol. The SMILES string of the molecule is O=C(Nc1ccc(OC(F)(F)F)cc1)c1ccc(=O)n(Cc2cccc(Cl)c2)c1. The number of anilines is 1. The number of ether oxygens (including phenoxy) is 1. The molecular weight excluding hydrogens is 409 g/mol. The van der Waals surface area contributed by atoms with E-state index < -0.39 is 18.0 Å². The zero-order valence-corrected chi connectivity index (χ0v) is 15.5. The van der Waals surface area contributed by atoms with E-state index in [0.717, 1.165) is 17.7 Å². The summed E-state index contributed by atoms with van der Waals surface area (Å²) in [4.78, 5) is 24.5. The van der Waals surface area contributed by atoms with Gasteiger partial charge in [-0.1, -0.05) is 23.7 Å². The van der Waals surface area contributed by atoms with Crippen LogP contribution in [0, 0.1) is 0 Å². The van der Waals surface area contributed by atoms with Gasteiger partial charge < -0.3 is 14.6 Å². The summed E-state index contributed by atoms with van der Waals surface area (Å²) in [7, 11) is 0. The Morgan fingerprint density at radius 3 is 2.45 bits per heavy atom. The number of nitrogens with zero attached hydrogens (tertiary/aromatic N) is 1. The number of hydrogen-bond donors (Lipinski definition) is 1. The number of pyridine rings is 1. The van der Waals surface area contributed by atoms with Crippen molar-refractivity contribution in [3.05, 3.63) is 93.4 Å². The predicted octanol–water partition coefficient (Wildman–Crippen LogP) is 4.70. The van der Waals surface area contributed by atoms with Crippen LogP contribution in [0.4, 0.5) is 18.9 Å². The van der Waals surface area contributed by atoms with Gasteiger partial charge in [0.05, 0.1) is 12.1 Å². The Labute approximate surface area is 168 Å². The summed E-state index contributed by atoms with van der Waals surface area (Å²) >= 11 is 5.95. The molecular formula is C20H14ClF3N2O3. The Bertz CT molecular complexity index is 1080. The number of alkyl halides is 3. The first kappa shape index (κ1) is 20.5. The first-order valence-electron chi connectivity index (χ1n) is 8.32. The van der Waals surface area contributed by atoms with Gasteiger partial charge >= 0.3 is 6.36 Å². The normalized spacial score (nSPS) is 11.2. The molecule has 1 N–H and O–H groups in total. The lowest BCUT2D eigenvalue weighted by Gasteiger charge is -2.11. The second-order valence-electron chi connectivity index (χ2n) is 6.04. The number of aromatic nitrogens is 1. The van der Waals surface area contributed by atoms with Gasteiger partial charge in [0.15, 0.2) is 0 Å². The van der Waals surface area contributed by atoms with Crippen LogP contribution >= 0.6 is 11.6 Å². The zero-order chi connectivity index (χ0) is 21.0. The summed E-state index contributed by atoms with van der Waals surface area (Å²) in [6, 6.07) is 14.3. The number of halogens is 4. The summed E-state index contributed by atoms with van der Waals surface area (Å²) in [5.41, 5.74) is 0.979. The zero-order valence-electron chi connectivity index (χ0n) is 14.7. The van der Waals surface area contributed by atoms with Crippen LogP contribution in [-0.4, -0.2) is 16.8 Å². The van der Waals surface area contributed by atoms with Gasteiger partial charge in [-0.05, 0) is 48.0 Å². The van der Waals surface area contributed by atoms with Crippen molar-refractivity contribution >= 4 is 23.2 Å². The van der Waals surface area contributed by atoms with Gasteiger partial charge in [-0.15, -0.1) is 13.2 Å². The van der Waals surface area contributed by atoms with E-state index in [2.05, 4.69) is 10.1 Å². The van der Waals surface area contributed by atoms with Gasteiger partial charge in [0.2, 0.25) is 0 Å². The van der Waals surface area contributed by atoms with Crippen LogP contribution in [0.2, 0.25) is 5.02 Å². The summed E-state index contributed by atoms with van der Waals surface area (Å²) < 4.78 is 41.7. The maximum Gasteiger partial charge on any atom is 0.573 e. The molecule has 0 saturated heterocycles. The van der Waals surface area contributed by atoms with Crippen molar-refractivity contribution < 1.29 is 22.7 Å². The van der Waals surface area contributed by atoms with Crippen LogP contribution < -0.4 is 15.6 Å². The maximum atomic E-state index is 12.4. The molecule has 0 radical (unpaired) electrons. The second kappa shape index (κ2) is 8.40. The topological polar surface area (TPSA) is 60.3 Å². The highest BCUT2D eigenvalue weighted by Gasteiger charge is 2.30. The Morgan fingerprint density at radius 2 is 1.79 bits per heavy atom. The van der Waals surface area contributed by atoms with Crippen molar-refractivity contribution in [2.45, 2.75) is 12.9 Å². The number of amides is 1. The van der Waals surface area contributed by atoms with Crippen molar-refractivity contribution in [3.63, 3.8) is 0 Å². The first-order chi connectivity index (χ1) is 13.7. The second-order valence-corrected chi connectivity index (χ2v) is 6.48. The summed E-state index contributed by atoms with van der Waals surface area (Å²) in [6.07, 6.45) is -3.39. The number of carbonyl (C=O) groups excluding carboxylic acids is 1. The fourth-order valence-electron chi connectivity index (χ4n) is 2.56. The first-order valence-corrected chi connectivity index (χ1v) is 8.69. The number of nitrogens with one attached hydrogen (secondary N) is 1. The van der Waals surface area contributed by atoms with Crippen LogP contribution in [0.15, 0.2) is 71.7 Å². The molecule has 1 aromatic heterocycles. The smallest absolute Gasteiger partial charge is 0.406 e. The van der Waals surface area contributed by atoms with Crippen molar-refractivity contribution in [2.75, 3.05) is 5.32 Å². The van der Waals surface area contributed by atoms with E-state index in [4.69, 9.17) is 11.6 Å². The fourth-order valence-corrected chi connectivity index (χ4v) is 2.78. The molecule has 0 aliphatic rings. The molecule has 0 aliphatic carbocycles. The molecule has 0 aliphatic heterocycles. The van der Waals surface area contributed by atoms with Gasteiger partial charge in [0.25, 0.3) is 11.5 Å². The van der Waals surface area contributed by atoms with Crippen LogP contribution in [0.1, 0.15) is 15.9 Å². The monoisotopic (exact) mass is 422 g/mol. The number of benzene rings is 2. The summed E-state index contributed by atoms with van der Waals surface area (Å²) in [5.74, 6) is -0.917. The van der Waals surface area contributed by atoms with Gasteiger partial charge in [-0.3, -0.25) is 9.59 Å². The highest BCUT2D eigenvalue weighted by atomic mass is 35.5. The van der Waals surface area contributed by atoms with Crippen molar-refractivity contribution in [3.8, 4) is 5.75 Å². The third-order valence-electron chi connectivity index (χ3n) is 3.83. The minimum Gasteiger partial charge on any atom is -0.406 e. The Morgan fingerprint density at radius 1 is 1.07 bits per heavy atom. The molecule has 5 nitrogen and oxygen atoms in total. The summed E-state index contributed by atoms with van der Waals surface area (Å²) in [5, 5.41) is 3.09. The van der Waals surface area contributed by atoms with E-state index in [9.17, 15) is 22.8 Å². The van der Waals surface area contributed by atoms with Crippen LogP contribution in [0.5, 0.6) is 5.75 Å². The average Bonchev–Trinajstić information content (AvgIpc) is 2.64. The minimum absolute atomic E-state index is 0.210. The molecule has 29 heavy (non-hydrogen) atoms. The standard InChI is InChI=1S/C20H14ClF3N2O3/c21-15-3-1-2-13(10-15)11-26-12-14(4-9-18(26)27)19(28)25-16-5-7-17(8-6-16)29-20(22,23)24/h1-10,12H,11H2,(H,25,28). The molecule has 0 spiro atoms. The van der Waals surface area contributed by atoms with E-state index in [0.29, 0.717) is 5.02 Å². The third-order valence-corrected chi connectivity index (χ3v) is 4.07. The molecule has 9 heteroatoms.